The van der Waals surface area contributed by atoms with E-state index < -0.39 is 23.9 Å². The molecule has 0 aromatic rings. The fourth-order valence-electron chi connectivity index (χ4n) is 3.96. The van der Waals surface area contributed by atoms with Gasteiger partial charge in [0.15, 0.2) is 0 Å². The summed E-state index contributed by atoms with van der Waals surface area (Å²) in [5, 5.41) is 37.3. The Labute approximate surface area is 193 Å². The van der Waals surface area contributed by atoms with Crippen LogP contribution in [0.5, 0.6) is 0 Å². The minimum atomic E-state index is -1.02. The molecular weight excluding hydrogens is 438 g/mol. The van der Waals surface area contributed by atoms with E-state index in [0.29, 0.717) is 26.1 Å². The van der Waals surface area contributed by atoms with E-state index in [4.69, 9.17) is 5.73 Å². The van der Waals surface area contributed by atoms with Gasteiger partial charge in [-0.1, -0.05) is 6.42 Å². The van der Waals surface area contributed by atoms with E-state index in [9.17, 15) is 39.6 Å². The number of nitrogens with zero attached hydrogens (tertiary/aromatic N) is 4. The van der Waals surface area contributed by atoms with Gasteiger partial charge in [0.1, 0.15) is 0 Å². The van der Waals surface area contributed by atoms with Gasteiger partial charge in [0, 0.05) is 51.9 Å². The molecule has 0 aliphatic carbocycles. The summed E-state index contributed by atoms with van der Waals surface area (Å²) in [6, 6.07) is -0.272. The standard InChI is InChI=1S/C20H37N5O8/c21-4-2-1-3-16-11-24(14-19(30)31)8-7-22(12-17(26)27)5-6-23(13-18(28)29)9-10-25(16)15-20(32)33/h16H,1-15,21H2,(H,26,27)(H,28,29)(H,30,31)(H,32,33). The second-order valence-electron chi connectivity index (χ2n) is 8.27. The van der Waals surface area contributed by atoms with Crippen molar-refractivity contribution in [3.05, 3.63) is 0 Å². The number of carboxylic acid groups (broad SMARTS) is 4. The first-order valence-electron chi connectivity index (χ1n) is 11.1. The number of carbonyl (C=O) groups is 4. The second-order valence-corrected chi connectivity index (χ2v) is 8.27. The van der Waals surface area contributed by atoms with Gasteiger partial charge in [-0.25, -0.2) is 0 Å². The third-order valence-corrected chi connectivity index (χ3v) is 5.56. The third-order valence-electron chi connectivity index (χ3n) is 5.56. The van der Waals surface area contributed by atoms with Crippen molar-refractivity contribution in [3.8, 4) is 0 Å². The molecule has 1 aliphatic rings. The smallest absolute Gasteiger partial charge is 0.317 e. The first kappa shape index (κ1) is 28.7. The van der Waals surface area contributed by atoms with Gasteiger partial charge < -0.3 is 26.2 Å². The van der Waals surface area contributed by atoms with Crippen LogP contribution in [-0.2, 0) is 19.2 Å². The van der Waals surface area contributed by atoms with Crippen LogP contribution >= 0.6 is 0 Å². The molecule has 6 N–H and O–H groups in total. The fraction of sp³-hybridized carbons (Fsp3) is 0.800. The monoisotopic (exact) mass is 475 g/mol. The van der Waals surface area contributed by atoms with Crippen LogP contribution < -0.4 is 5.73 Å². The molecule has 13 nitrogen and oxygen atoms in total. The summed E-state index contributed by atoms with van der Waals surface area (Å²) in [5.74, 6) is -4.09. The van der Waals surface area contributed by atoms with E-state index in [1.165, 1.54) is 0 Å². The maximum absolute atomic E-state index is 11.5. The molecule has 1 aliphatic heterocycles. The Bertz CT molecular complexity index is 650. The van der Waals surface area contributed by atoms with Gasteiger partial charge in [-0.05, 0) is 19.4 Å². The van der Waals surface area contributed by atoms with Crippen molar-refractivity contribution in [2.75, 3.05) is 78.5 Å². The lowest BCUT2D eigenvalue weighted by molar-refractivity contribution is -0.142. The molecular formula is C20H37N5O8. The zero-order valence-corrected chi connectivity index (χ0v) is 19.0. The van der Waals surface area contributed by atoms with Crippen LogP contribution in [0, 0.1) is 0 Å². The van der Waals surface area contributed by atoms with Crippen LogP contribution in [0.3, 0.4) is 0 Å². The van der Waals surface area contributed by atoms with Crippen LogP contribution in [0.2, 0.25) is 0 Å². The van der Waals surface area contributed by atoms with Crippen molar-refractivity contribution in [2.24, 2.45) is 5.73 Å². The summed E-state index contributed by atoms with van der Waals surface area (Å²) in [6.07, 6.45) is 2.09. The summed E-state index contributed by atoms with van der Waals surface area (Å²) in [6.45, 7) is 1.52. The highest BCUT2D eigenvalue weighted by atomic mass is 16.4. The predicted octanol–water partition coefficient (Wildman–Crippen LogP) is -1.96. The minimum Gasteiger partial charge on any atom is -0.480 e. The summed E-state index contributed by atoms with van der Waals surface area (Å²) in [7, 11) is 0. The Morgan fingerprint density at radius 2 is 1.06 bits per heavy atom. The van der Waals surface area contributed by atoms with Gasteiger partial charge in [0.2, 0.25) is 0 Å². The van der Waals surface area contributed by atoms with E-state index in [1.54, 1.807) is 19.6 Å². The van der Waals surface area contributed by atoms with Crippen molar-refractivity contribution < 1.29 is 39.6 Å². The van der Waals surface area contributed by atoms with Crippen LogP contribution in [0.15, 0.2) is 0 Å². The average Bonchev–Trinajstić information content (AvgIpc) is 2.69. The molecule has 1 heterocycles. The molecule has 1 unspecified atom stereocenters. The quantitative estimate of drug-likeness (QED) is 0.196. The summed E-state index contributed by atoms with van der Waals surface area (Å²) in [4.78, 5) is 52.4. The van der Waals surface area contributed by atoms with Crippen LogP contribution in [-0.4, -0.2) is 148 Å². The van der Waals surface area contributed by atoms with Gasteiger partial charge in [0.05, 0.1) is 26.2 Å². The number of rotatable bonds is 12. The average molecular weight is 476 g/mol. The lowest BCUT2D eigenvalue weighted by Gasteiger charge is -2.37. The number of carboxylic acids is 4. The molecule has 0 aromatic heterocycles. The molecule has 13 heteroatoms. The Hall–Kier alpha value is -2.32. The van der Waals surface area contributed by atoms with E-state index in [0.717, 1.165) is 12.8 Å². The summed E-state index contributed by atoms with van der Waals surface area (Å²) >= 11 is 0. The van der Waals surface area contributed by atoms with Crippen molar-refractivity contribution in [1.82, 2.24) is 19.6 Å². The molecule has 0 spiro atoms. The Morgan fingerprint density at radius 1 is 0.636 bits per heavy atom. The molecule has 190 valence electrons. The highest BCUT2D eigenvalue weighted by molar-refractivity contribution is 5.70. The molecule has 0 radical (unpaired) electrons. The van der Waals surface area contributed by atoms with Gasteiger partial charge in [-0.3, -0.25) is 38.8 Å². The summed E-state index contributed by atoms with van der Waals surface area (Å²) in [5.41, 5.74) is 5.60. The molecule has 0 aromatic carbocycles. The third kappa shape index (κ3) is 13.1. The largest absolute Gasteiger partial charge is 0.480 e. The number of aliphatic carboxylic acids is 4. The predicted molar refractivity (Wildman–Crippen MR) is 118 cm³/mol. The molecule has 1 atom stereocenters. The topological polar surface area (TPSA) is 188 Å². The first-order valence-corrected chi connectivity index (χ1v) is 11.1. The second kappa shape index (κ2) is 15.5. The maximum atomic E-state index is 11.5. The highest BCUT2D eigenvalue weighted by Gasteiger charge is 2.26. The van der Waals surface area contributed by atoms with Gasteiger partial charge in [-0.15, -0.1) is 0 Å². The molecule has 1 fully saturated rings. The molecule has 0 amide bonds. The van der Waals surface area contributed by atoms with Gasteiger partial charge >= 0.3 is 23.9 Å². The van der Waals surface area contributed by atoms with E-state index in [2.05, 4.69) is 0 Å². The Morgan fingerprint density at radius 3 is 1.52 bits per heavy atom. The van der Waals surface area contributed by atoms with Crippen LogP contribution in [0.25, 0.3) is 0 Å². The Kier molecular flexibility index (Phi) is 13.5. The SMILES string of the molecule is NCCCCC1CN(CC(=O)O)CCN(CC(=O)O)CCN(CC(=O)O)CCN1CC(=O)O. The maximum Gasteiger partial charge on any atom is 0.317 e. The van der Waals surface area contributed by atoms with Crippen LogP contribution in [0.1, 0.15) is 19.3 Å². The van der Waals surface area contributed by atoms with E-state index in [-0.39, 0.29) is 64.9 Å². The van der Waals surface area contributed by atoms with Gasteiger partial charge in [-0.2, -0.15) is 0 Å². The zero-order valence-electron chi connectivity index (χ0n) is 19.0. The molecule has 0 saturated carbocycles. The molecule has 1 saturated heterocycles. The Balaban J connectivity index is 3.17. The fourth-order valence-corrected chi connectivity index (χ4v) is 3.96. The van der Waals surface area contributed by atoms with Gasteiger partial charge in [0.25, 0.3) is 0 Å². The number of unbranched alkanes of at least 4 members (excludes halogenated alkanes) is 1. The first-order chi connectivity index (χ1) is 15.6. The lowest BCUT2D eigenvalue weighted by atomic mass is 10.1. The number of nitrogens with two attached hydrogens (primary N) is 1. The zero-order chi connectivity index (χ0) is 24.8. The van der Waals surface area contributed by atoms with Crippen molar-refractivity contribution in [2.45, 2.75) is 25.3 Å². The molecule has 1 rings (SSSR count). The van der Waals surface area contributed by atoms with E-state index in [1.807, 2.05) is 0 Å². The normalized spacial score (nSPS) is 20.6. The van der Waals surface area contributed by atoms with Crippen molar-refractivity contribution >= 4 is 23.9 Å². The van der Waals surface area contributed by atoms with Crippen LogP contribution in [0.4, 0.5) is 0 Å². The van der Waals surface area contributed by atoms with E-state index >= 15 is 0 Å². The molecule has 33 heavy (non-hydrogen) atoms. The van der Waals surface area contributed by atoms with Crippen molar-refractivity contribution in [1.29, 1.82) is 0 Å². The number of hydrogen-bond acceptors (Lipinski definition) is 9. The summed E-state index contributed by atoms with van der Waals surface area (Å²) < 4.78 is 0. The lowest BCUT2D eigenvalue weighted by Crippen LogP contribution is -2.52. The van der Waals surface area contributed by atoms with Crippen molar-refractivity contribution in [3.63, 3.8) is 0 Å². The highest BCUT2D eigenvalue weighted by Crippen LogP contribution is 2.13. The number of hydrogen-bond donors (Lipinski definition) is 5. The molecule has 0 bridgehead atoms. The minimum absolute atomic E-state index is 0.243.